The van der Waals surface area contributed by atoms with E-state index in [2.05, 4.69) is 0 Å². The summed E-state index contributed by atoms with van der Waals surface area (Å²) in [6.07, 6.45) is -3.78. The molecule has 4 rings (SSSR count). The SMILES string of the molecule is COc1cc(Cc2csc(N3CCC(S(=O)(=O)c4ccccc4C(F)(F)F)CC3)n2)cc(OC)c1OC. The van der Waals surface area contributed by atoms with E-state index < -0.39 is 31.7 Å². The van der Waals surface area contributed by atoms with E-state index in [0.29, 0.717) is 36.8 Å². The van der Waals surface area contributed by atoms with Crippen molar-refractivity contribution in [3.8, 4) is 17.2 Å². The normalized spacial score (nSPS) is 15.0. The minimum atomic E-state index is -4.74. The number of hydrogen-bond donors (Lipinski definition) is 0. The van der Waals surface area contributed by atoms with Crippen LogP contribution in [0.25, 0.3) is 0 Å². The summed E-state index contributed by atoms with van der Waals surface area (Å²) >= 11 is 1.44. The van der Waals surface area contributed by atoms with Crippen LogP contribution in [-0.2, 0) is 22.4 Å². The number of thiazole rings is 1. The quantitative estimate of drug-likeness (QED) is 0.376. The highest BCUT2D eigenvalue weighted by Crippen LogP contribution is 2.40. The molecule has 3 aromatic rings. The van der Waals surface area contributed by atoms with E-state index in [0.717, 1.165) is 28.5 Å². The van der Waals surface area contributed by atoms with Crippen molar-refractivity contribution in [2.75, 3.05) is 39.3 Å². The third kappa shape index (κ3) is 5.64. The summed E-state index contributed by atoms with van der Waals surface area (Å²) in [4.78, 5) is 6.03. The van der Waals surface area contributed by atoms with E-state index in [-0.39, 0.29) is 12.8 Å². The van der Waals surface area contributed by atoms with Crippen LogP contribution in [0.1, 0.15) is 29.7 Å². The highest BCUT2D eigenvalue weighted by atomic mass is 32.2. The number of aromatic nitrogens is 1. The van der Waals surface area contributed by atoms with Crippen LogP contribution in [0.15, 0.2) is 46.7 Å². The van der Waals surface area contributed by atoms with Crippen molar-refractivity contribution in [2.45, 2.75) is 35.6 Å². The number of alkyl halides is 3. The Morgan fingerprint density at radius 3 is 2.22 bits per heavy atom. The van der Waals surface area contributed by atoms with Crippen molar-refractivity contribution in [3.05, 3.63) is 58.6 Å². The van der Waals surface area contributed by atoms with Crippen molar-refractivity contribution in [1.29, 1.82) is 0 Å². The number of ether oxygens (including phenoxy) is 3. The molecule has 0 amide bonds. The molecule has 1 aliphatic rings. The van der Waals surface area contributed by atoms with E-state index in [1.54, 1.807) is 14.2 Å². The van der Waals surface area contributed by atoms with Crippen LogP contribution < -0.4 is 19.1 Å². The van der Waals surface area contributed by atoms with E-state index in [4.69, 9.17) is 19.2 Å². The Morgan fingerprint density at radius 1 is 1.03 bits per heavy atom. The molecule has 200 valence electrons. The smallest absolute Gasteiger partial charge is 0.417 e. The molecule has 1 saturated heterocycles. The Kier molecular flexibility index (Phi) is 7.88. The minimum absolute atomic E-state index is 0.219. The van der Waals surface area contributed by atoms with Crippen LogP contribution in [0, 0.1) is 0 Å². The maximum Gasteiger partial charge on any atom is 0.417 e. The van der Waals surface area contributed by atoms with Crippen LogP contribution in [0.2, 0.25) is 0 Å². The maximum atomic E-state index is 13.4. The van der Waals surface area contributed by atoms with Crippen LogP contribution in [0.3, 0.4) is 0 Å². The molecule has 0 aliphatic carbocycles. The Morgan fingerprint density at radius 2 is 1.65 bits per heavy atom. The lowest BCUT2D eigenvalue weighted by atomic mass is 10.1. The molecule has 0 saturated carbocycles. The van der Waals surface area contributed by atoms with Gasteiger partial charge in [0.2, 0.25) is 5.75 Å². The molecule has 12 heteroatoms. The summed E-state index contributed by atoms with van der Waals surface area (Å²) in [5.74, 6) is 1.59. The predicted octanol–water partition coefficient (Wildman–Crippen LogP) is 5.22. The zero-order valence-electron chi connectivity index (χ0n) is 20.5. The maximum absolute atomic E-state index is 13.4. The van der Waals surface area contributed by atoms with Gasteiger partial charge in [0.25, 0.3) is 0 Å². The second-order valence-electron chi connectivity index (χ2n) is 8.56. The third-order valence-electron chi connectivity index (χ3n) is 6.30. The number of rotatable bonds is 8. The molecule has 0 radical (unpaired) electrons. The molecule has 0 bridgehead atoms. The van der Waals surface area contributed by atoms with Gasteiger partial charge in [0.1, 0.15) is 0 Å². The lowest BCUT2D eigenvalue weighted by Gasteiger charge is -2.31. The largest absolute Gasteiger partial charge is 0.493 e. The molecule has 7 nitrogen and oxygen atoms in total. The summed E-state index contributed by atoms with van der Waals surface area (Å²) < 4.78 is 82.6. The van der Waals surface area contributed by atoms with Gasteiger partial charge in [0.05, 0.1) is 42.7 Å². The minimum Gasteiger partial charge on any atom is -0.493 e. The number of hydrogen-bond acceptors (Lipinski definition) is 8. The zero-order chi connectivity index (χ0) is 26.8. The van der Waals surface area contributed by atoms with Crippen LogP contribution in [0.4, 0.5) is 18.3 Å². The topological polar surface area (TPSA) is 78.0 Å². The molecule has 2 aromatic carbocycles. The average molecular weight is 557 g/mol. The Balaban J connectivity index is 1.45. The van der Waals surface area contributed by atoms with Gasteiger partial charge in [-0.05, 0) is 42.7 Å². The zero-order valence-corrected chi connectivity index (χ0v) is 22.2. The van der Waals surface area contributed by atoms with Crippen molar-refractivity contribution in [3.63, 3.8) is 0 Å². The first-order valence-corrected chi connectivity index (χ1v) is 13.9. The number of sulfone groups is 1. The van der Waals surface area contributed by atoms with Crippen LogP contribution >= 0.6 is 11.3 Å². The van der Waals surface area contributed by atoms with Gasteiger partial charge in [-0.1, -0.05) is 12.1 Å². The van der Waals surface area contributed by atoms with Crippen molar-refractivity contribution in [2.24, 2.45) is 0 Å². The van der Waals surface area contributed by atoms with Gasteiger partial charge in [-0.25, -0.2) is 13.4 Å². The average Bonchev–Trinajstić information content (AvgIpc) is 3.36. The molecule has 0 unspecified atom stereocenters. The van der Waals surface area contributed by atoms with Gasteiger partial charge < -0.3 is 19.1 Å². The molecule has 0 spiro atoms. The second-order valence-corrected chi connectivity index (χ2v) is 11.6. The highest BCUT2D eigenvalue weighted by molar-refractivity contribution is 7.92. The fraction of sp³-hybridized carbons (Fsp3) is 0.400. The summed E-state index contributed by atoms with van der Waals surface area (Å²) in [7, 11) is 0.503. The van der Waals surface area contributed by atoms with E-state index >= 15 is 0 Å². The van der Waals surface area contributed by atoms with Gasteiger partial charge >= 0.3 is 6.18 Å². The van der Waals surface area contributed by atoms with Crippen molar-refractivity contribution < 1.29 is 35.8 Å². The fourth-order valence-corrected chi connectivity index (χ4v) is 7.28. The number of benzene rings is 2. The van der Waals surface area contributed by atoms with Crippen molar-refractivity contribution >= 4 is 26.3 Å². The molecule has 0 atom stereocenters. The number of methoxy groups -OCH3 is 3. The van der Waals surface area contributed by atoms with Crippen LogP contribution in [0.5, 0.6) is 17.2 Å². The molecule has 2 heterocycles. The molecule has 37 heavy (non-hydrogen) atoms. The summed E-state index contributed by atoms with van der Waals surface area (Å²) in [5, 5.41) is 1.79. The molecule has 1 aliphatic heterocycles. The van der Waals surface area contributed by atoms with Gasteiger partial charge in [0.15, 0.2) is 26.5 Å². The summed E-state index contributed by atoms with van der Waals surface area (Å²) in [6, 6.07) is 8.09. The van der Waals surface area contributed by atoms with E-state index in [1.807, 2.05) is 22.4 Å². The molecular weight excluding hydrogens is 529 g/mol. The first kappa shape index (κ1) is 27.1. The number of nitrogens with zero attached hydrogens (tertiary/aromatic N) is 2. The number of halogens is 3. The van der Waals surface area contributed by atoms with Gasteiger partial charge in [-0.15, -0.1) is 11.3 Å². The molecule has 0 N–H and O–H groups in total. The Labute approximate surface area is 217 Å². The Bertz CT molecular complexity index is 1330. The standard InChI is InChI=1S/C25H27F3N2O5S2/c1-33-20-13-16(14-21(34-2)23(20)35-3)12-17-15-36-24(29-17)30-10-8-18(9-11-30)37(31,32)22-7-5-4-6-19(22)25(26,27)28/h4-7,13-15,18H,8-12H2,1-3H3. The van der Waals surface area contributed by atoms with Gasteiger partial charge in [0, 0.05) is 24.9 Å². The number of anilines is 1. The highest BCUT2D eigenvalue weighted by Gasteiger charge is 2.40. The first-order chi connectivity index (χ1) is 17.6. The molecule has 1 fully saturated rings. The monoisotopic (exact) mass is 556 g/mol. The third-order valence-corrected chi connectivity index (χ3v) is 9.57. The molecule has 1 aromatic heterocycles. The van der Waals surface area contributed by atoms with E-state index in [1.165, 1.54) is 30.6 Å². The predicted molar refractivity (Wildman–Crippen MR) is 135 cm³/mol. The Hall–Kier alpha value is -2.99. The van der Waals surface area contributed by atoms with Gasteiger partial charge in [-0.3, -0.25) is 0 Å². The molecular formula is C25H27F3N2O5S2. The lowest BCUT2D eigenvalue weighted by molar-refractivity contribution is -0.139. The number of piperidine rings is 1. The summed E-state index contributed by atoms with van der Waals surface area (Å²) in [5.41, 5.74) is 0.622. The van der Waals surface area contributed by atoms with E-state index in [9.17, 15) is 21.6 Å². The van der Waals surface area contributed by atoms with Crippen LogP contribution in [-0.4, -0.2) is 53.1 Å². The fourth-order valence-electron chi connectivity index (χ4n) is 4.46. The first-order valence-electron chi connectivity index (χ1n) is 11.5. The lowest BCUT2D eigenvalue weighted by Crippen LogP contribution is -2.39. The van der Waals surface area contributed by atoms with Crippen molar-refractivity contribution in [1.82, 2.24) is 4.98 Å². The summed E-state index contributed by atoms with van der Waals surface area (Å²) in [6.45, 7) is 0.768. The second kappa shape index (κ2) is 10.8. The van der Waals surface area contributed by atoms with Gasteiger partial charge in [-0.2, -0.15) is 13.2 Å².